The van der Waals surface area contributed by atoms with Gasteiger partial charge < -0.3 is 9.47 Å². The van der Waals surface area contributed by atoms with Gasteiger partial charge in [-0.3, -0.25) is 4.79 Å². The molecule has 1 aliphatic heterocycles. The molecule has 3 aromatic carbocycles. The largest absolute Gasteiger partial charge is 0.488 e. The van der Waals surface area contributed by atoms with E-state index in [0.717, 1.165) is 21.2 Å². The molecule has 140 valence electrons. The Bertz CT molecular complexity index is 1100. The van der Waals surface area contributed by atoms with Crippen LogP contribution >= 0.6 is 27.5 Å². The zero-order valence-electron chi connectivity index (χ0n) is 15.0. The molecular weight excluding hydrogens is 440 g/mol. The number of Topliss-reactive ketones (excluding diaryl/α,β-unsaturated/α-hetero) is 1. The average molecular weight is 456 g/mol. The molecule has 1 heterocycles. The fourth-order valence-electron chi connectivity index (χ4n) is 3.04. The van der Waals surface area contributed by atoms with Gasteiger partial charge in [-0.2, -0.15) is 0 Å². The van der Waals surface area contributed by atoms with E-state index in [-0.39, 0.29) is 5.78 Å². The Morgan fingerprint density at radius 2 is 1.93 bits per heavy atom. The number of hydrogen-bond donors (Lipinski definition) is 0. The predicted molar refractivity (Wildman–Crippen MR) is 114 cm³/mol. The van der Waals surface area contributed by atoms with E-state index in [4.69, 9.17) is 21.1 Å². The second kappa shape index (κ2) is 7.82. The Morgan fingerprint density at radius 3 is 2.71 bits per heavy atom. The lowest BCUT2D eigenvalue weighted by Gasteiger charge is -2.12. The Kier molecular flexibility index (Phi) is 5.25. The molecule has 3 nitrogen and oxygen atoms in total. The van der Waals surface area contributed by atoms with Crippen molar-refractivity contribution in [2.45, 2.75) is 13.5 Å². The standard InChI is InChI=1S/C23H16BrClO3/c1-14-20(27-13-16-6-2-3-8-19(16)25)10-9-18-22(26)21(28-23(14)18)12-15-5-4-7-17(24)11-15/h2-12H,13H2,1H3/b21-12-. The number of rotatable bonds is 4. The van der Waals surface area contributed by atoms with Crippen molar-refractivity contribution in [3.05, 3.63) is 98.2 Å². The van der Waals surface area contributed by atoms with Crippen LogP contribution in [0.25, 0.3) is 6.08 Å². The first-order chi connectivity index (χ1) is 13.5. The molecule has 0 radical (unpaired) electrons. The number of ether oxygens (including phenoxy) is 2. The van der Waals surface area contributed by atoms with Crippen LogP contribution in [-0.4, -0.2) is 5.78 Å². The van der Waals surface area contributed by atoms with Gasteiger partial charge in [0.1, 0.15) is 18.1 Å². The van der Waals surface area contributed by atoms with E-state index >= 15 is 0 Å². The SMILES string of the molecule is Cc1c(OCc2ccccc2Cl)ccc2c1O/C(=C\c1cccc(Br)c1)C2=O. The number of carbonyl (C=O) groups excluding carboxylic acids is 1. The molecule has 0 amide bonds. The third-order valence-electron chi connectivity index (χ3n) is 4.52. The second-order valence-electron chi connectivity index (χ2n) is 6.44. The van der Waals surface area contributed by atoms with Crippen molar-refractivity contribution in [2.24, 2.45) is 0 Å². The highest BCUT2D eigenvalue weighted by Crippen LogP contribution is 2.39. The molecule has 3 aromatic rings. The molecule has 0 saturated heterocycles. The number of fused-ring (bicyclic) bond motifs is 1. The van der Waals surface area contributed by atoms with Gasteiger partial charge in [0.25, 0.3) is 0 Å². The molecule has 0 aliphatic carbocycles. The number of ketones is 1. The number of halogens is 2. The van der Waals surface area contributed by atoms with E-state index in [1.54, 1.807) is 18.2 Å². The molecule has 1 aliphatic rings. The highest BCUT2D eigenvalue weighted by molar-refractivity contribution is 9.10. The first-order valence-corrected chi connectivity index (χ1v) is 9.89. The van der Waals surface area contributed by atoms with Crippen molar-refractivity contribution in [3.63, 3.8) is 0 Å². The minimum absolute atomic E-state index is 0.129. The summed E-state index contributed by atoms with van der Waals surface area (Å²) < 4.78 is 12.8. The van der Waals surface area contributed by atoms with Gasteiger partial charge in [-0.05, 0) is 48.9 Å². The smallest absolute Gasteiger partial charge is 0.231 e. The highest BCUT2D eigenvalue weighted by Gasteiger charge is 2.30. The van der Waals surface area contributed by atoms with E-state index in [2.05, 4.69) is 15.9 Å². The van der Waals surface area contributed by atoms with Crippen LogP contribution in [0.4, 0.5) is 0 Å². The summed E-state index contributed by atoms with van der Waals surface area (Å²) in [7, 11) is 0. The van der Waals surface area contributed by atoms with Crippen LogP contribution in [0.5, 0.6) is 11.5 Å². The summed E-state index contributed by atoms with van der Waals surface area (Å²) in [5.74, 6) is 1.38. The fraction of sp³-hybridized carbons (Fsp3) is 0.0870. The topological polar surface area (TPSA) is 35.5 Å². The molecule has 28 heavy (non-hydrogen) atoms. The second-order valence-corrected chi connectivity index (χ2v) is 7.76. The van der Waals surface area contributed by atoms with Gasteiger partial charge in [0, 0.05) is 20.6 Å². The third kappa shape index (κ3) is 3.71. The van der Waals surface area contributed by atoms with Gasteiger partial charge in [-0.25, -0.2) is 0 Å². The molecule has 0 aromatic heterocycles. The highest BCUT2D eigenvalue weighted by atomic mass is 79.9. The molecule has 4 rings (SSSR count). The number of benzene rings is 3. The molecular formula is C23H16BrClO3. The summed E-state index contributed by atoms with van der Waals surface area (Å²) in [6.07, 6.45) is 1.75. The normalized spacial score (nSPS) is 14.1. The first kappa shape index (κ1) is 18.8. The summed E-state index contributed by atoms with van der Waals surface area (Å²) in [6.45, 7) is 2.23. The van der Waals surface area contributed by atoms with Crippen LogP contribution in [0.3, 0.4) is 0 Å². The van der Waals surface area contributed by atoms with Crippen molar-refractivity contribution in [1.29, 1.82) is 0 Å². The van der Waals surface area contributed by atoms with Crippen molar-refractivity contribution in [1.82, 2.24) is 0 Å². The zero-order chi connectivity index (χ0) is 19.7. The molecule has 0 spiro atoms. The zero-order valence-corrected chi connectivity index (χ0v) is 17.4. The molecule has 0 atom stereocenters. The maximum Gasteiger partial charge on any atom is 0.231 e. The van der Waals surface area contributed by atoms with Gasteiger partial charge in [-0.1, -0.05) is 57.9 Å². The van der Waals surface area contributed by atoms with Crippen molar-refractivity contribution in [3.8, 4) is 11.5 Å². The van der Waals surface area contributed by atoms with Gasteiger partial charge in [0.2, 0.25) is 5.78 Å². The lowest BCUT2D eigenvalue weighted by molar-refractivity contribution is 0.101. The summed E-state index contributed by atoms with van der Waals surface area (Å²) in [4.78, 5) is 12.7. The van der Waals surface area contributed by atoms with E-state index in [0.29, 0.717) is 34.5 Å². The van der Waals surface area contributed by atoms with Gasteiger partial charge in [-0.15, -0.1) is 0 Å². The van der Waals surface area contributed by atoms with Crippen LogP contribution in [0.1, 0.15) is 27.0 Å². The summed E-state index contributed by atoms with van der Waals surface area (Å²) in [5.41, 5.74) is 3.12. The lowest BCUT2D eigenvalue weighted by atomic mass is 10.1. The van der Waals surface area contributed by atoms with E-state index in [1.165, 1.54) is 0 Å². The number of hydrogen-bond acceptors (Lipinski definition) is 3. The Labute approximate surface area is 176 Å². The van der Waals surface area contributed by atoms with Gasteiger partial charge >= 0.3 is 0 Å². The first-order valence-electron chi connectivity index (χ1n) is 8.72. The quantitative estimate of drug-likeness (QED) is 0.415. The lowest BCUT2D eigenvalue weighted by Crippen LogP contribution is -1.99. The van der Waals surface area contributed by atoms with Crippen molar-refractivity contribution >= 4 is 39.4 Å². The maximum absolute atomic E-state index is 12.7. The van der Waals surface area contributed by atoms with Gasteiger partial charge in [0.05, 0.1) is 5.56 Å². The molecule has 0 bridgehead atoms. The predicted octanol–water partition coefficient (Wildman–Crippen LogP) is 6.61. The Hall–Kier alpha value is -2.56. The van der Waals surface area contributed by atoms with E-state index < -0.39 is 0 Å². The average Bonchev–Trinajstić information content (AvgIpc) is 2.99. The third-order valence-corrected chi connectivity index (χ3v) is 5.39. The van der Waals surface area contributed by atoms with Crippen LogP contribution < -0.4 is 9.47 Å². The van der Waals surface area contributed by atoms with Crippen molar-refractivity contribution < 1.29 is 14.3 Å². The van der Waals surface area contributed by atoms with E-state index in [1.807, 2.05) is 55.5 Å². The number of carbonyl (C=O) groups is 1. The van der Waals surface area contributed by atoms with Crippen LogP contribution in [0.2, 0.25) is 5.02 Å². The minimum Gasteiger partial charge on any atom is -0.488 e. The van der Waals surface area contributed by atoms with Gasteiger partial charge in [0.15, 0.2) is 5.76 Å². The summed E-state index contributed by atoms with van der Waals surface area (Å²) in [6, 6.07) is 18.8. The Balaban J connectivity index is 1.59. The molecule has 0 N–H and O–H groups in total. The molecule has 0 saturated carbocycles. The van der Waals surface area contributed by atoms with Crippen LogP contribution in [-0.2, 0) is 6.61 Å². The minimum atomic E-state index is -0.129. The fourth-order valence-corrected chi connectivity index (χ4v) is 3.65. The summed E-state index contributed by atoms with van der Waals surface area (Å²) in [5, 5.41) is 0.659. The Morgan fingerprint density at radius 1 is 1.11 bits per heavy atom. The number of allylic oxidation sites excluding steroid dienone is 1. The molecule has 5 heteroatoms. The summed E-state index contributed by atoms with van der Waals surface area (Å²) >= 11 is 9.63. The van der Waals surface area contributed by atoms with Crippen molar-refractivity contribution in [2.75, 3.05) is 0 Å². The van der Waals surface area contributed by atoms with E-state index in [9.17, 15) is 4.79 Å². The molecule has 0 unspecified atom stereocenters. The van der Waals surface area contributed by atoms with Crippen LogP contribution in [0.15, 0.2) is 70.9 Å². The van der Waals surface area contributed by atoms with Crippen LogP contribution in [0, 0.1) is 6.92 Å². The molecule has 0 fully saturated rings. The monoisotopic (exact) mass is 454 g/mol. The maximum atomic E-state index is 12.7.